The van der Waals surface area contributed by atoms with E-state index in [0.717, 1.165) is 37.0 Å². The molecule has 0 unspecified atom stereocenters. The fourth-order valence-corrected chi connectivity index (χ4v) is 3.75. The summed E-state index contributed by atoms with van der Waals surface area (Å²) in [5, 5.41) is 11.2. The molecule has 2 aromatic rings. The van der Waals surface area contributed by atoms with Crippen LogP contribution in [0.2, 0.25) is 5.02 Å². The van der Waals surface area contributed by atoms with Gasteiger partial charge in [0, 0.05) is 10.7 Å². The molecule has 0 aromatic heterocycles. The smallest absolute Gasteiger partial charge is 0.137 e. The van der Waals surface area contributed by atoms with Crippen molar-refractivity contribution in [2.45, 2.75) is 26.9 Å². The second kappa shape index (κ2) is 8.96. The summed E-state index contributed by atoms with van der Waals surface area (Å²) in [6, 6.07) is 12.1. The van der Waals surface area contributed by atoms with Gasteiger partial charge in [-0.05, 0) is 61.7 Å². The molecule has 146 valence electrons. The molecule has 0 spiro atoms. The van der Waals surface area contributed by atoms with E-state index in [4.69, 9.17) is 16.3 Å². The summed E-state index contributed by atoms with van der Waals surface area (Å²) in [4.78, 5) is 3.81. The van der Waals surface area contributed by atoms with Crippen molar-refractivity contribution < 1.29 is 14.7 Å². The van der Waals surface area contributed by atoms with Crippen molar-refractivity contribution in [3.63, 3.8) is 0 Å². The number of quaternary nitrogens is 1. The van der Waals surface area contributed by atoms with Gasteiger partial charge in [-0.3, -0.25) is 0 Å². The lowest BCUT2D eigenvalue weighted by Gasteiger charge is -2.35. The topological polar surface area (TPSA) is 37.1 Å². The second-order valence-electron chi connectivity index (χ2n) is 7.58. The van der Waals surface area contributed by atoms with E-state index in [-0.39, 0.29) is 0 Å². The first-order chi connectivity index (χ1) is 12.9. The number of hydrogen-bond acceptors (Lipinski definition) is 3. The number of piperazine rings is 1. The predicted octanol–water partition coefficient (Wildman–Crippen LogP) is 2.41. The van der Waals surface area contributed by atoms with E-state index in [2.05, 4.69) is 37.8 Å². The monoisotopic (exact) mass is 389 g/mol. The Morgan fingerprint density at radius 3 is 2.44 bits per heavy atom. The minimum absolute atomic E-state index is 0.336. The van der Waals surface area contributed by atoms with Gasteiger partial charge >= 0.3 is 0 Å². The Morgan fingerprint density at radius 2 is 1.74 bits per heavy atom. The zero-order chi connectivity index (χ0) is 19.4. The van der Waals surface area contributed by atoms with Gasteiger partial charge in [0.25, 0.3) is 0 Å². The molecule has 1 heterocycles. The van der Waals surface area contributed by atoms with E-state index in [1.807, 2.05) is 24.3 Å². The van der Waals surface area contributed by atoms with Crippen molar-refractivity contribution in [2.24, 2.45) is 0 Å². The Morgan fingerprint density at radius 1 is 1.04 bits per heavy atom. The highest BCUT2D eigenvalue weighted by Crippen LogP contribution is 2.24. The molecule has 0 radical (unpaired) electrons. The van der Waals surface area contributed by atoms with Gasteiger partial charge in [0.05, 0.1) is 26.2 Å². The number of hydrogen-bond donors (Lipinski definition) is 2. The van der Waals surface area contributed by atoms with Crippen LogP contribution in [0.5, 0.6) is 5.75 Å². The Labute approximate surface area is 167 Å². The number of ether oxygens (including phenoxy) is 1. The third-order valence-corrected chi connectivity index (χ3v) is 5.66. The summed E-state index contributed by atoms with van der Waals surface area (Å²) in [6.45, 7) is 11.3. The van der Waals surface area contributed by atoms with Crippen LogP contribution in [0.3, 0.4) is 0 Å². The number of rotatable bonds is 6. The fraction of sp³-hybridized carbons (Fsp3) is 0.455. The summed E-state index contributed by atoms with van der Waals surface area (Å²) in [6.07, 6.45) is -0.457. The molecule has 4 nitrogen and oxygen atoms in total. The average Bonchev–Trinajstić information content (AvgIpc) is 2.65. The second-order valence-corrected chi connectivity index (χ2v) is 8.02. The van der Waals surface area contributed by atoms with Gasteiger partial charge in [0.15, 0.2) is 0 Å². The molecular formula is C22H30ClN2O2+. The SMILES string of the molecule is Cc1ccc(OC[C@H](O)C[NH+]2CCN(c3cc(Cl)ccc3C)CC2)cc1C. The van der Waals surface area contributed by atoms with Gasteiger partial charge in [0.2, 0.25) is 0 Å². The van der Waals surface area contributed by atoms with Crippen LogP contribution in [0.25, 0.3) is 0 Å². The Bertz CT molecular complexity index is 773. The average molecular weight is 390 g/mol. The van der Waals surface area contributed by atoms with Gasteiger partial charge in [-0.2, -0.15) is 0 Å². The van der Waals surface area contributed by atoms with Crippen molar-refractivity contribution in [1.82, 2.24) is 0 Å². The van der Waals surface area contributed by atoms with Crippen LogP contribution < -0.4 is 14.5 Å². The van der Waals surface area contributed by atoms with Crippen molar-refractivity contribution in [2.75, 3.05) is 44.2 Å². The Kier molecular flexibility index (Phi) is 6.64. The molecule has 0 bridgehead atoms. The molecule has 0 aliphatic carbocycles. The molecular weight excluding hydrogens is 360 g/mol. The molecule has 0 saturated carbocycles. The van der Waals surface area contributed by atoms with Gasteiger partial charge in [-0.15, -0.1) is 0 Å². The zero-order valence-electron chi connectivity index (χ0n) is 16.5. The van der Waals surface area contributed by atoms with E-state index in [9.17, 15) is 5.11 Å². The van der Waals surface area contributed by atoms with Crippen LogP contribution in [0, 0.1) is 20.8 Å². The fourth-order valence-electron chi connectivity index (χ4n) is 3.58. The molecule has 0 amide bonds. The summed E-state index contributed by atoms with van der Waals surface area (Å²) in [7, 11) is 0. The molecule has 3 rings (SSSR count). The number of aryl methyl sites for hydroxylation is 3. The molecule has 1 saturated heterocycles. The molecule has 2 aromatic carbocycles. The molecule has 27 heavy (non-hydrogen) atoms. The third kappa shape index (κ3) is 5.38. The number of aliphatic hydroxyl groups excluding tert-OH is 1. The minimum atomic E-state index is -0.457. The first kappa shape index (κ1) is 20.0. The van der Waals surface area contributed by atoms with Gasteiger partial charge < -0.3 is 19.6 Å². The number of nitrogens with one attached hydrogen (secondary N) is 1. The lowest BCUT2D eigenvalue weighted by Crippen LogP contribution is -3.16. The number of halogens is 1. The van der Waals surface area contributed by atoms with Crippen LogP contribution in [0.4, 0.5) is 5.69 Å². The minimum Gasteiger partial charge on any atom is -0.491 e. The highest BCUT2D eigenvalue weighted by Gasteiger charge is 2.23. The molecule has 1 aliphatic rings. The first-order valence-corrected chi connectivity index (χ1v) is 10.0. The molecule has 1 aliphatic heterocycles. The predicted molar refractivity (Wildman–Crippen MR) is 111 cm³/mol. The van der Waals surface area contributed by atoms with E-state index < -0.39 is 6.10 Å². The number of aliphatic hydroxyl groups is 1. The largest absolute Gasteiger partial charge is 0.491 e. The standard InChI is InChI=1S/C22H29ClN2O2/c1-16-5-7-21(12-18(16)3)27-15-20(26)14-24-8-10-25(11-9-24)22-13-19(23)6-4-17(22)2/h4-7,12-13,20,26H,8-11,14-15H2,1-3H3/p+1/t20-/m1/s1. The van der Waals surface area contributed by atoms with Crippen molar-refractivity contribution in [1.29, 1.82) is 0 Å². The summed E-state index contributed by atoms with van der Waals surface area (Å²) < 4.78 is 5.78. The van der Waals surface area contributed by atoms with Crippen LogP contribution in [-0.4, -0.2) is 50.5 Å². The zero-order valence-corrected chi connectivity index (χ0v) is 17.2. The molecule has 2 N–H and O–H groups in total. The summed E-state index contributed by atoms with van der Waals surface area (Å²) in [5.74, 6) is 0.827. The van der Waals surface area contributed by atoms with Crippen LogP contribution in [0.15, 0.2) is 36.4 Å². The first-order valence-electron chi connectivity index (χ1n) is 9.65. The van der Waals surface area contributed by atoms with Gasteiger partial charge in [0.1, 0.15) is 25.0 Å². The van der Waals surface area contributed by atoms with Gasteiger partial charge in [-0.1, -0.05) is 23.7 Å². The highest BCUT2D eigenvalue weighted by molar-refractivity contribution is 6.30. The number of benzene rings is 2. The lowest BCUT2D eigenvalue weighted by molar-refractivity contribution is -0.903. The number of nitrogens with zero attached hydrogens (tertiary/aromatic N) is 1. The lowest BCUT2D eigenvalue weighted by atomic mass is 10.1. The van der Waals surface area contributed by atoms with E-state index in [1.54, 1.807) is 0 Å². The van der Waals surface area contributed by atoms with Crippen LogP contribution in [-0.2, 0) is 0 Å². The maximum absolute atomic E-state index is 10.4. The van der Waals surface area contributed by atoms with Crippen LogP contribution in [0.1, 0.15) is 16.7 Å². The quantitative estimate of drug-likeness (QED) is 0.796. The van der Waals surface area contributed by atoms with Crippen LogP contribution >= 0.6 is 11.6 Å². The summed E-state index contributed by atoms with van der Waals surface area (Å²) >= 11 is 6.16. The Hall–Kier alpha value is -1.75. The molecule has 1 atom stereocenters. The van der Waals surface area contributed by atoms with Gasteiger partial charge in [-0.25, -0.2) is 0 Å². The third-order valence-electron chi connectivity index (χ3n) is 5.43. The Balaban J connectivity index is 1.45. The maximum atomic E-state index is 10.4. The molecule has 5 heteroatoms. The number of anilines is 1. The van der Waals surface area contributed by atoms with E-state index >= 15 is 0 Å². The maximum Gasteiger partial charge on any atom is 0.137 e. The van der Waals surface area contributed by atoms with Crippen molar-refractivity contribution in [3.8, 4) is 5.75 Å². The van der Waals surface area contributed by atoms with Crippen molar-refractivity contribution >= 4 is 17.3 Å². The molecule has 1 fully saturated rings. The summed E-state index contributed by atoms with van der Waals surface area (Å²) in [5.41, 5.74) is 4.94. The van der Waals surface area contributed by atoms with E-state index in [0.29, 0.717) is 13.2 Å². The van der Waals surface area contributed by atoms with Crippen molar-refractivity contribution in [3.05, 3.63) is 58.1 Å². The van der Waals surface area contributed by atoms with E-state index in [1.165, 1.54) is 27.3 Å². The normalized spacial score (nSPS) is 16.4. The highest BCUT2D eigenvalue weighted by atomic mass is 35.5.